The maximum absolute atomic E-state index is 17.3. The third-order valence-corrected chi connectivity index (χ3v) is 9.16. The van der Waals surface area contributed by atoms with E-state index in [9.17, 15) is 24.6 Å². The lowest BCUT2D eigenvalue weighted by Gasteiger charge is -2.64. The standard InChI is InChI=1S/C24H31FO6/c1-12-10-18-17-7-6-15-11-16(28)8-9-21(15,4)23(17,25)19(29)20(31-14(3)27)22(18,5)24(12,30)13(2)26/h8-9,11-12,17-20,29-30H,6-7,10H2,1-5H3/t12-,17+,18+,19+,20?,21+,22-,23+,24+/m1/s1. The average molecular weight is 435 g/mol. The van der Waals surface area contributed by atoms with Gasteiger partial charge >= 0.3 is 5.97 Å². The first-order valence-corrected chi connectivity index (χ1v) is 11.0. The second kappa shape index (κ2) is 6.58. The predicted molar refractivity (Wildman–Crippen MR) is 109 cm³/mol. The number of fused-ring (bicyclic) bond motifs is 5. The Kier molecular flexibility index (Phi) is 4.74. The Balaban J connectivity index is 1.95. The number of halogens is 1. The summed E-state index contributed by atoms with van der Waals surface area (Å²) >= 11 is 0. The van der Waals surface area contributed by atoms with Gasteiger partial charge in [0.1, 0.15) is 17.8 Å². The summed E-state index contributed by atoms with van der Waals surface area (Å²) in [6.07, 6.45) is 2.27. The van der Waals surface area contributed by atoms with Crippen LogP contribution in [0.25, 0.3) is 0 Å². The molecule has 31 heavy (non-hydrogen) atoms. The Morgan fingerprint density at radius 1 is 1.23 bits per heavy atom. The predicted octanol–water partition coefficient (Wildman–Crippen LogP) is 2.46. The molecule has 0 bridgehead atoms. The van der Waals surface area contributed by atoms with Gasteiger partial charge in [0.25, 0.3) is 0 Å². The van der Waals surface area contributed by atoms with E-state index in [0.29, 0.717) is 24.8 Å². The van der Waals surface area contributed by atoms with Crippen LogP contribution in [0.3, 0.4) is 0 Å². The Hall–Kier alpha value is -1.86. The number of Topliss-reactive ketones (excluding diaryl/α,β-unsaturated/α-hetero) is 1. The Bertz CT molecular complexity index is 925. The number of aliphatic hydroxyl groups is 2. The molecule has 0 spiro atoms. The van der Waals surface area contributed by atoms with E-state index in [-0.39, 0.29) is 5.78 Å². The molecule has 0 aliphatic heterocycles. The maximum Gasteiger partial charge on any atom is 0.303 e. The lowest BCUT2D eigenvalue weighted by atomic mass is 9.43. The van der Waals surface area contributed by atoms with E-state index in [1.165, 1.54) is 32.1 Å². The van der Waals surface area contributed by atoms with Gasteiger partial charge in [-0.25, -0.2) is 4.39 Å². The summed E-state index contributed by atoms with van der Waals surface area (Å²) in [4.78, 5) is 36.7. The van der Waals surface area contributed by atoms with Crippen molar-refractivity contribution in [2.75, 3.05) is 0 Å². The highest BCUT2D eigenvalue weighted by molar-refractivity contribution is 6.01. The molecule has 0 aromatic carbocycles. The van der Waals surface area contributed by atoms with Crippen LogP contribution in [0.4, 0.5) is 4.39 Å². The van der Waals surface area contributed by atoms with Gasteiger partial charge < -0.3 is 14.9 Å². The highest BCUT2D eigenvalue weighted by atomic mass is 19.1. The van der Waals surface area contributed by atoms with Crippen LogP contribution in [0, 0.1) is 28.6 Å². The molecule has 4 aliphatic rings. The Labute approximate surface area is 181 Å². The van der Waals surface area contributed by atoms with Crippen LogP contribution in [-0.2, 0) is 19.1 Å². The molecule has 6 nitrogen and oxygen atoms in total. The average Bonchev–Trinajstić information content (AvgIpc) is 2.89. The number of hydrogen-bond donors (Lipinski definition) is 2. The van der Waals surface area contributed by atoms with Gasteiger partial charge in [0.2, 0.25) is 0 Å². The second-order valence-electron chi connectivity index (χ2n) is 10.3. The first-order chi connectivity index (χ1) is 14.3. The van der Waals surface area contributed by atoms with Gasteiger partial charge in [0.15, 0.2) is 17.2 Å². The van der Waals surface area contributed by atoms with Crippen LogP contribution in [0.2, 0.25) is 0 Å². The molecule has 9 atom stereocenters. The van der Waals surface area contributed by atoms with E-state index in [1.807, 2.05) is 0 Å². The third-order valence-electron chi connectivity index (χ3n) is 9.16. The summed E-state index contributed by atoms with van der Waals surface area (Å²) < 4.78 is 22.9. The molecule has 0 saturated heterocycles. The van der Waals surface area contributed by atoms with Gasteiger partial charge in [-0.1, -0.05) is 25.5 Å². The van der Waals surface area contributed by atoms with Crippen LogP contribution in [-0.4, -0.2) is 51.2 Å². The van der Waals surface area contributed by atoms with Crippen molar-refractivity contribution in [2.45, 2.75) is 77.4 Å². The molecule has 7 heteroatoms. The van der Waals surface area contributed by atoms with Crippen molar-refractivity contribution in [3.8, 4) is 0 Å². The fourth-order valence-electron chi connectivity index (χ4n) is 7.62. The molecule has 0 amide bonds. The van der Waals surface area contributed by atoms with Crippen LogP contribution in [0.15, 0.2) is 23.8 Å². The molecule has 0 radical (unpaired) electrons. The molecule has 1 unspecified atom stereocenters. The molecule has 4 aliphatic carbocycles. The van der Waals surface area contributed by atoms with Crippen molar-refractivity contribution in [1.29, 1.82) is 0 Å². The summed E-state index contributed by atoms with van der Waals surface area (Å²) in [6.45, 7) is 7.52. The smallest absolute Gasteiger partial charge is 0.303 e. The van der Waals surface area contributed by atoms with Crippen molar-refractivity contribution < 1.29 is 33.7 Å². The molecule has 3 saturated carbocycles. The number of aliphatic hydroxyl groups excluding tert-OH is 1. The van der Waals surface area contributed by atoms with E-state index in [0.717, 1.165) is 0 Å². The van der Waals surface area contributed by atoms with E-state index in [1.54, 1.807) is 20.8 Å². The van der Waals surface area contributed by atoms with Crippen molar-refractivity contribution in [3.63, 3.8) is 0 Å². The number of carbonyl (C=O) groups excluding carboxylic acids is 3. The number of ketones is 2. The molecule has 4 rings (SSSR count). The topological polar surface area (TPSA) is 101 Å². The maximum atomic E-state index is 17.3. The monoisotopic (exact) mass is 434 g/mol. The summed E-state index contributed by atoms with van der Waals surface area (Å²) in [7, 11) is 0. The molecule has 3 fully saturated rings. The zero-order valence-corrected chi connectivity index (χ0v) is 18.6. The number of hydrogen-bond acceptors (Lipinski definition) is 6. The van der Waals surface area contributed by atoms with Crippen molar-refractivity contribution in [1.82, 2.24) is 0 Å². The summed E-state index contributed by atoms with van der Waals surface area (Å²) in [5.41, 5.74) is -6.11. The molecule has 2 N–H and O–H groups in total. The largest absolute Gasteiger partial charge is 0.459 e. The SMILES string of the molecule is CC(=O)OC1[C@H](O)[C@@]2(F)[C@@H](CCC3=CC(=O)C=C[C@@]32C)[C@@H]2C[C@@H](C)[C@](O)(C(C)=O)[C@@]12C. The molecule has 0 aromatic rings. The minimum atomic E-state index is -2.24. The number of allylic oxidation sites excluding steroid dienone is 4. The number of alkyl halides is 1. The van der Waals surface area contributed by atoms with Gasteiger partial charge in [0, 0.05) is 23.7 Å². The van der Waals surface area contributed by atoms with Gasteiger partial charge in [-0.15, -0.1) is 0 Å². The molecular weight excluding hydrogens is 403 g/mol. The fraction of sp³-hybridized carbons (Fsp3) is 0.708. The minimum absolute atomic E-state index is 0.221. The van der Waals surface area contributed by atoms with Crippen molar-refractivity contribution in [3.05, 3.63) is 23.8 Å². The van der Waals surface area contributed by atoms with Crippen LogP contribution in [0.1, 0.15) is 53.9 Å². The Morgan fingerprint density at radius 3 is 2.45 bits per heavy atom. The lowest BCUT2D eigenvalue weighted by molar-refractivity contribution is -0.273. The van der Waals surface area contributed by atoms with E-state index in [2.05, 4.69) is 0 Å². The van der Waals surface area contributed by atoms with Gasteiger partial charge in [-0.2, -0.15) is 0 Å². The molecular formula is C24H31FO6. The molecule has 0 aromatic heterocycles. The lowest BCUT2D eigenvalue weighted by Crippen LogP contribution is -2.75. The summed E-state index contributed by atoms with van der Waals surface area (Å²) in [6, 6.07) is 0. The van der Waals surface area contributed by atoms with E-state index in [4.69, 9.17) is 4.74 Å². The first kappa shape index (κ1) is 22.3. The second-order valence-corrected chi connectivity index (χ2v) is 10.3. The molecule has 0 heterocycles. The number of esters is 1. The minimum Gasteiger partial charge on any atom is -0.459 e. The quantitative estimate of drug-likeness (QED) is 0.648. The highest BCUT2D eigenvalue weighted by Crippen LogP contribution is 2.71. The van der Waals surface area contributed by atoms with Crippen molar-refractivity contribution in [2.24, 2.45) is 28.6 Å². The fourth-order valence-corrected chi connectivity index (χ4v) is 7.62. The third kappa shape index (κ3) is 2.42. The van der Waals surface area contributed by atoms with E-state index < -0.39 is 63.8 Å². The normalized spacial score (nSPS) is 50.8. The Morgan fingerprint density at radius 2 is 1.87 bits per heavy atom. The van der Waals surface area contributed by atoms with Gasteiger partial charge in [-0.3, -0.25) is 14.4 Å². The van der Waals surface area contributed by atoms with E-state index >= 15 is 4.39 Å². The van der Waals surface area contributed by atoms with Crippen molar-refractivity contribution >= 4 is 17.5 Å². The summed E-state index contributed by atoms with van der Waals surface area (Å²) in [5, 5.41) is 23.2. The number of carbonyl (C=O) groups is 3. The summed E-state index contributed by atoms with van der Waals surface area (Å²) in [5.74, 6) is -3.11. The van der Waals surface area contributed by atoms with Crippen LogP contribution < -0.4 is 0 Å². The number of rotatable bonds is 2. The molecule has 170 valence electrons. The zero-order valence-electron chi connectivity index (χ0n) is 18.6. The van der Waals surface area contributed by atoms with Gasteiger partial charge in [-0.05, 0) is 57.1 Å². The first-order valence-electron chi connectivity index (χ1n) is 11.0. The highest BCUT2D eigenvalue weighted by Gasteiger charge is 2.79. The zero-order chi connectivity index (χ0) is 23.1. The number of ether oxygens (including phenoxy) is 1. The van der Waals surface area contributed by atoms with Crippen LogP contribution >= 0.6 is 0 Å². The van der Waals surface area contributed by atoms with Crippen LogP contribution in [0.5, 0.6) is 0 Å². The van der Waals surface area contributed by atoms with Gasteiger partial charge in [0.05, 0.1) is 0 Å².